The summed E-state index contributed by atoms with van der Waals surface area (Å²) in [5.41, 5.74) is 6.59. The molecule has 0 radical (unpaired) electrons. The van der Waals surface area contributed by atoms with Gasteiger partial charge in [0.15, 0.2) is 0 Å². The first kappa shape index (κ1) is 15.3. The Morgan fingerprint density at radius 2 is 2.20 bits per heavy atom. The van der Waals surface area contributed by atoms with Crippen molar-refractivity contribution in [2.45, 2.75) is 24.9 Å². The Hall–Kier alpha value is -3.24. The first-order valence-electron chi connectivity index (χ1n) is 8.04. The summed E-state index contributed by atoms with van der Waals surface area (Å²) in [7, 11) is 0. The van der Waals surface area contributed by atoms with Crippen molar-refractivity contribution < 1.29 is 4.79 Å². The third kappa shape index (κ3) is 2.73. The quantitative estimate of drug-likeness (QED) is 0.755. The van der Waals surface area contributed by atoms with Crippen molar-refractivity contribution in [1.82, 2.24) is 19.9 Å². The summed E-state index contributed by atoms with van der Waals surface area (Å²) < 4.78 is 1.71. The average molecular weight is 332 g/mol. The van der Waals surface area contributed by atoms with Crippen molar-refractivity contribution >= 4 is 16.7 Å². The topological polar surface area (TPSA) is 110 Å². The van der Waals surface area contributed by atoms with E-state index in [4.69, 9.17) is 5.73 Å². The van der Waals surface area contributed by atoms with Crippen LogP contribution in [0.2, 0.25) is 0 Å². The molecule has 0 bridgehead atoms. The lowest BCUT2D eigenvalue weighted by atomic mass is 9.87. The van der Waals surface area contributed by atoms with Gasteiger partial charge in [-0.25, -0.2) is 9.97 Å². The first-order valence-corrected chi connectivity index (χ1v) is 8.04. The number of nitrogens with zero attached hydrogens (tertiary/aromatic N) is 4. The summed E-state index contributed by atoms with van der Waals surface area (Å²) in [4.78, 5) is 21.3. The molecule has 4 rings (SSSR count). The molecule has 0 atom stereocenters. The number of nitriles is 1. The summed E-state index contributed by atoms with van der Waals surface area (Å²) in [6, 6.07) is 9.50. The van der Waals surface area contributed by atoms with Crippen LogP contribution >= 0.6 is 0 Å². The highest BCUT2D eigenvalue weighted by atomic mass is 16.2. The molecule has 0 spiro atoms. The second-order valence-electron chi connectivity index (χ2n) is 6.21. The van der Waals surface area contributed by atoms with E-state index in [1.54, 1.807) is 41.5 Å². The fourth-order valence-electron chi connectivity index (χ4n) is 3.09. The summed E-state index contributed by atoms with van der Waals surface area (Å²) in [5.74, 6) is 0.294. The van der Waals surface area contributed by atoms with Crippen molar-refractivity contribution in [3.8, 4) is 11.9 Å². The Bertz CT molecular complexity index is 983. The Labute approximate surface area is 144 Å². The second-order valence-corrected chi connectivity index (χ2v) is 6.21. The Kier molecular flexibility index (Phi) is 3.67. The Morgan fingerprint density at radius 3 is 2.88 bits per heavy atom. The fourth-order valence-corrected chi connectivity index (χ4v) is 3.09. The number of imidazole rings is 1. The minimum Gasteiger partial charge on any atom is -0.348 e. The Balaban J connectivity index is 1.83. The van der Waals surface area contributed by atoms with Crippen molar-refractivity contribution in [3.05, 3.63) is 54.2 Å². The van der Waals surface area contributed by atoms with Crippen molar-refractivity contribution in [1.29, 1.82) is 5.26 Å². The van der Waals surface area contributed by atoms with Crippen LogP contribution in [0.25, 0.3) is 16.6 Å². The van der Waals surface area contributed by atoms with E-state index in [1.807, 2.05) is 6.07 Å². The predicted octanol–water partition coefficient (Wildman–Crippen LogP) is 1.51. The molecule has 7 heteroatoms. The smallest absolute Gasteiger partial charge is 0.270 e. The van der Waals surface area contributed by atoms with Crippen molar-refractivity contribution in [2.24, 2.45) is 5.73 Å². The standard InChI is InChI=1S/C18H16N6O/c19-9-11-2-1-3-14-15(11)8-16(24-5-4-21-10-24)23-17(14)18(25)22-13-6-12(20)7-13/h1-5,8,10,12-13H,6-7,20H2,(H,22,25)/t12-,13-. The zero-order valence-corrected chi connectivity index (χ0v) is 13.4. The highest BCUT2D eigenvalue weighted by molar-refractivity contribution is 6.07. The lowest BCUT2D eigenvalue weighted by molar-refractivity contribution is 0.0907. The molecule has 1 aliphatic carbocycles. The molecule has 1 amide bonds. The third-order valence-electron chi connectivity index (χ3n) is 4.48. The highest BCUT2D eigenvalue weighted by Gasteiger charge is 2.28. The highest BCUT2D eigenvalue weighted by Crippen LogP contribution is 2.25. The van der Waals surface area contributed by atoms with Gasteiger partial charge in [0.05, 0.1) is 11.6 Å². The molecular formula is C18H16N6O. The van der Waals surface area contributed by atoms with E-state index in [0.29, 0.717) is 27.8 Å². The van der Waals surface area contributed by atoms with Gasteiger partial charge < -0.3 is 11.1 Å². The number of carbonyl (C=O) groups is 1. The predicted molar refractivity (Wildman–Crippen MR) is 92.0 cm³/mol. The van der Waals surface area contributed by atoms with Gasteiger partial charge in [-0.1, -0.05) is 12.1 Å². The molecular weight excluding hydrogens is 316 g/mol. The first-order chi connectivity index (χ1) is 12.2. The maximum absolute atomic E-state index is 12.8. The number of nitrogens with one attached hydrogen (secondary N) is 1. The number of rotatable bonds is 3. The van der Waals surface area contributed by atoms with Crippen LogP contribution in [0.15, 0.2) is 43.0 Å². The van der Waals surface area contributed by atoms with Gasteiger partial charge in [-0.3, -0.25) is 9.36 Å². The van der Waals surface area contributed by atoms with Gasteiger partial charge >= 0.3 is 0 Å². The number of carbonyl (C=O) groups excluding carboxylic acids is 1. The lowest BCUT2D eigenvalue weighted by Crippen LogP contribution is -2.50. The number of nitrogens with two attached hydrogens (primary N) is 1. The van der Waals surface area contributed by atoms with E-state index in [1.165, 1.54) is 0 Å². The largest absolute Gasteiger partial charge is 0.348 e. The van der Waals surface area contributed by atoms with Crippen LogP contribution in [0.1, 0.15) is 28.9 Å². The molecule has 3 aromatic rings. The van der Waals surface area contributed by atoms with Gasteiger partial charge in [0.1, 0.15) is 17.8 Å². The molecule has 1 aromatic carbocycles. The fraction of sp³-hybridized carbons (Fsp3) is 0.222. The second kappa shape index (κ2) is 6.00. The number of aromatic nitrogens is 3. The number of amides is 1. The maximum atomic E-state index is 12.8. The molecule has 7 nitrogen and oxygen atoms in total. The van der Waals surface area contributed by atoms with Gasteiger partial charge in [0, 0.05) is 35.2 Å². The number of hydrogen-bond acceptors (Lipinski definition) is 5. The van der Waals surface area contributed by atoms with Gasteiger partial charge in [0.25, 0.3) is 5.91 Å². The summed E-state index contributed by atoms with van der Waals surface area (Å²) in [5, 5.41) is 13.7. The SMILES string of the molecule is N#Cc1cccc2c(C(=O)N[C@H]3C[C@H](N)C3)nc(-n3ccnc3)cc12. The summed E-state index contributed by atoms with van der Waals surface area (Å²) >= 11 is 0. The lowest BCUT2D eigenvalue weighted by Gasteiger charge is -2.32. The number of fused-ring (bicyclic) bond motifs is 1. The average Bonchev–Trinajstić information content (AvgIpc) is 3.13. The minimum atomic E-state index is -0.251. The molecule has 1 saturated carbocycles. The monoisotopic (exact) mass is 332 g/mol. The van der Waals surface area contributed by atoms with Crippen LogP contribution in [0, 0.1) is 11.3 Å². The molecule has 2 heterocycles. The van der Waals surface area contributed by atoms with Crippen LogP contribution in [-0.2, 0) is 0 Å². The number of benzene rings is 1. The third-order valence-corrected chi connectivity index (χ3v) is 4.48. The molecule has 1 fully saturated rings. The number of pyridine rings is 1. The zero-order chi connectivity index (χ0) is 17.4. The molecule has 1 aliphatic rings. The molecule has 0 aliphatic heterocycles. The summed E-state index contributed by atoms with van der Waals surface area (Å²) in [6.07, 6.45) is 6.53. The van der Waals surface area contributed by atoms with Crippen LogP contribution in [0.4, 0.5) is 0 Å². The van der Waals surface area contributed by atoms with E-state index >= 15 is 0 Å². The Morgan fingerprint density at radius 1 is 1.36 bits per heavy atom. The van der Waals surface area contributed by atoms with Crippen molar-refractivity contribution in [3.63, 3.8) is 0 Å². The van der Waals surface area contributed by atoms with Crippen LogP contribution in [-0.4, -0.2) is 32.5 Å². The van der Waals surface area contributed by atoms with Gasteiger partial charge in [0.2, 0.25) is 0 Å². The maximum Gasteiger partial charge on any atom is 0.270 e. The molecule has 0 saturated heterocycles. The van der Waals surface area contributed by atoms with Gasteiger partial charge in [-0.2, -0.15) is 5.26 Å². The molecule has 124 valence electrons. The minimum absolute atomic E-state index is 0.0791. The summed E-state index contributed by atoms with van der Waals surface area (Å²) in [6.45, 7) is 0. The van der Waals surface area contributed by atoms with Gasteiger partial charge in [-0.15, -0.1) is 0 Å². The van der Waals surface area contributed by atoms with E-state index in [0.717, 1.165) is 12.8 Å². The molecule has 25 heavy (non-hydrogen) atoms. The molecule has 3 N–H and O–H groups in total. The normalized spacial score (nSPS) is 19.2. The molecule has 2 aromatic heterocycles. The van der Waals surface area contributed by atoms with Gasteiger partial charge in [-0.05, 0) is 25.0 Å². The van der Waals surface area contributed by atoms with E-state index in [-0.39, 0.29) is 18.0 Å². The van der Waals surface area contributed by atoms with Crippen molar-refractivity contribution in [2.75, 3.05) is 0 Å². The zero-order valence-electron chi connectivity index (χ0n) is 13.4. The number of hydrogen-bond donors (Lipinski definition) is 2. The van der Waals surface area contributed by atoms with Crippen LogP contribution in [0.5, 0.6) is 0 Å². The van der Waals surface area contributed by atoms with E-state index in [9.17, 15) is 10.1 Å². The van der Waals surface area contributed by atoms with E-state index < -0.39 is 0 Å². The van der Waals surface area contributed by atoms with Crippen LogP contribution < -0.4 is 11.1 Å². The molecule has 0 unspecified atom stereocenters. The van der Waals surface area contributed by atoms with Crippen LogP contribution in [0.3, 0.4) is 0 Å². The van der Waals surface area contributed by atoms with E-state index in [2.05, 4.69) is 21.4 Å².